The average Bonchev–Trinajstić information content (AvgIpc) is 3.45. The summed E-state index contributed by atoms with van der Waals surface area (Å²) in [5.74, 6) is 1.03. The lowest BCUT2D eigenvalue weighted by atomic mass is 9.96. The quantitative estimate of drug-likeness (QED) is 0.718. The first-order valence-electron chi connectivity index (χ1n) is 7.87. The van der Waals surface area contributed by atoms with Gasteiger partial charge in [0.1, 0.15) is 5.75 Å². The van der Waals surface area contributed by atoms with Crippen LogP contribution in [-0.2, 0) is 0 Å². The van der Waals surface area contributed by atoms with Gasteiger partial charge in [-0.2, -0.15) is 0 Å². The summed E-state index contributed by atoms with van der Waals surface area (Å²) in [6.07, 6.45) is 2.17. The molecule has 0 amide bonds. The Morgan fingerprint density at radius 3 is 2.32 bits per heavy atom. The molecule has 2 aromatic carbocycles. The molecule has 0 N–H and O–H groups in total. The van der Waals surface area contributed by atoms with Crippen molar-refractivity contribution in [1.82, 2.24) is 0 Å². The molecule has 2 nitrogen and oxygen atoms in total. The molecule has 2 aliphatic heterocycles. The fourth-order valence-corrected chi connectivity index (χ4v) is 4.36. The summed E-state index contributed by atoms with van der Waals surface area (Å²) >= 11 is 0. The molecule has 0 fully saturated rings. The monoisotopic (exact) mass is 285 g/mol. The molecule has 6 rings (SSSR count). The summed E-state index contributed by atoms with van der Waals surface area (Å²) in [5.41, 5.74) is 9.54. The fraction of sp³-hybridized carbons (Fsp3) is 0.200. The number of ether oxygens (including phenoxy) is 1. The van der Waals surface area contributed by atoms with E-state index in [4.69, 9.17) is 4.74 Å². The van der Waals surface area contributed by atoms with E-state index in [1.807, 2.05) is 0 Å². The van der Waals surface area contributed by atoms with Crippen LogP contribution < -0.4 is 9.64 Å². The van der Waals surface area contributed by atoms with Gasteiger partial charge in [0.05, 0.1) is 0 Å². The fourth-order valence-electron chi connectivity index (χ4n) is 4.36. The number of hydrogen-bond donors (Lipinski definition) is 0. The molecule has 4 aliphatic rings. The molecule has 22 heavy (non-hydrogen) atoms. The Bertz CT molecular complexity index is 914. The molecule has 1 unspecified atom stereocenters. The van der Waals surface area contributed by atoms with Gasteiger partial charge in [-0.3, -0.25) is 0 Å². The Hall–Kier alpha value is -2.48. The normalized spacial score (nSPS) is 26.1. The zero-order valence-electron chi connectivity index (χ0n) is 12.4. The summed E-state index contributed by atoms with van der Waals surface area (Å²) in [6, 6.07) is 17.2. The summed E-state index contributed by atoms with van der Waals surface area (Å²) < 4.78 is 6.65. The zero-order valence-corrected chi connectivity index (χ0v) is 12.4. The van der Waals surface area contributed by atoms with Crippen molar-refractivity contribution in [3.8, 4) is 5.75 Å². The Morgan fingerprint density at radius 1 is 0.864 bits per heavy atom. The van der Waals surface area contributed by atoms with Gasteiger partial charge in [0, 0.05) is 47.8 Å². The minimum absolute atomic E-state index is 0.340. The van der Waals surface area contributed by atoms with Crippen LogP contribution in [0.5, 0.6) is 5.75 Å². The largest absolute Gasteiger partial charge is 0.459 e. The topological polar surface area (TPSA) is 12.5 Å². The van der Waals surface area contributed by atoms with E-state index in [9.17, 15) is 0 Å². The highest BCUT2D eigenvalue weighted by Gasteiger charge is 2.61. The van der Waals surface area contributed by atoms with Crippen molar-refractivity contribution in [3.05, 3.63) is 70.8 Å². The van der Waals surface area contributed by atoms with E-state index >= 15 is 0 Å². The van der Waals surface area contributed by atoms with Crippen molar-refractivity contribution in [2.45, 2.75) is 18.6 Å². The van der Waals surface area contributed by atoms with E-state index in [0.717, 1.165) is 18.6 Å². The van der Waals surface area contributed by atoms with E-state index in [0.29, 0.717) is 0 Å². The van der Waals surface area contributed by atoms with E-state index in [1.165, 1.54) is 39.1 Å². The van der Waals surface area contributed by atoms with Gasteiger partial charge in [0.2, 0.25) is 5.72 Å². The van der Waals surface area contributed by atoms with Crippen molar-refractivity contribution < 1.29 is 4.74 Å². The second-order valence-corrected chi connectivity index (χ2v) is 6.59. The van der Waals surface area contributed by atoms with Gasteiger partial charge in [-0.15, -0.1) is 0 Å². The minimum Gasteiger partial charge on any atom is -0.459 e. The van der Waals surface area contributed by atoms with Gasteiger partial charge in [-0.25, -0.2) is 0 Å². The molecular weight excluding hydrogens is 270 g/mol. The molecule has 0 aromatic heterocycles. The number of rotatable bonds is 0. The predicted molar refractivity (Wildman–Crippen MR) is 87.7 cm³/mol. The first-order valence-corrected chi connectivity index (χ1v) is 7.87. The van der Waals surface area contributed by atoms with Crippen LogP contribution in [0.1, 0.15) is 24.0 Å². The van der Waals surface area contributed by atoms with Crippen molar-refractivity contribution in [3.63, 3.8) is 0 Å². The minimum atomic E-state index is -0.340. The third kappa shape index (κ3) is 1.08. The van der Waals surface area contributed by atoms with Crippen LogP contribution in [0.25, 0.3) is 11.1 Å². The van der Waals surface area contributed by atoms with Crippen molar-refractivity contribution in [2.24, 2.45) is 0 Å². The zero-order chi connectivity index (χ0) is 14.5. The number of likely N-dealkylation sites (N-methyl/N-ethyl adjacent to an activating group) is 1. The summed E-state index contributed by atoms with van der Waals surface area (Å²) in [5, 5.41) is 0. The SMILES string of the molecule is CN1c2ccccc2C2=C(C2)C12Oc1ccccc1C1=C2C1. The number of para-hydroxylation sites is 2. The molecule has 0 saturated heterocycles. The van der Waals surface area contributed by atoms with E-state index < -0.39 is 0 Å². The Kier molecular flexibility index (Phi) is 1.67. The lowest BCUT2D eigenvalue weighted by Gasteiger charge is -2.44. The first kappa shape index (κ1) is 11.1. The maximum absolute atomic E-state index is 6.65. The lowest BCUT2D eigenvalue weighted by Crippen LogP contribution is -2.53. The van der Waals surface area contributed by atoms with Gasteiger partial charge in [-0.1, -0.05) is 36.4 Å². The second-order valence-electron chi connectivity index (χ2n) is 6.59. The lowest BCUT2D eigenvalue weighted by molar-refractivity contribution is 0.152. The maximum atomic E-state index is 6.65. The van der Waals surface area contributed by atoms with Gasteiger partial charge in [0.25, 0.3) is 0 Å². The van der Waals surface area contributed by atoms with E-state index in [-0.39, 0.29) is 5.72 Å². The van der Waals surface area contributed by atoms with Crippen LogP contribution in [0.2, 0.25) is 0 Å². The smallest absolute Gasteiger partial charge is 0.229 e. The van der Waals surface area contributed by atoms with Gasteiger partial charge in [-0.05, 0) is 23.3 Å². The molecule has 0 radical (unpaired) electrons. The first-order chi connectivity index (χ1) is 10.8. The standard InChI is InChI=1S/C20H15NO/c1-21-18-8-4-2-6-12(18)14-10-16(14)20(21)17-11-15(17)13-7-3-5-9-19(13)22-20/h2-9H,10-11H2,1H3. The van der Waals surface area contributed by atoms with Crippen molar-refractivity contribution in [2.75, 3.05) is 11.9 Å². The molecule has 1 spiro atoms. The molecule has 2 heteroatoms. The van der Waals surface area contributed by atoms with Gasteiger partial charge in [0.15, 0.2) is 0 Å². The van der Waals surface area contributed by atoms with Gasteiger partial charge < -0.3 is 9.64 Å². The van der Waals surface area contributed by atoms with E-state index in [1.54, 1.807) is 0 Å². The van der Waals surface area contributed by atoms with Crippen molar-refractivity contribution >= 4 is 16.8 Å². The highest BCUT2D eigenvalue weighted by atomic mass is 16.5. The summed E-state index contributed by atoms with van der Waals surface area (Å²) in [6.45, 7) is 0. The third-order valence-corrected chi connectivity index (χ3v) is 5.54. The van der Waals surface area contributed by atoms with Crippen LogP contribution in [0.15, 0.2) is 59.7 Å². The van der Waals surface area contributed by atoms with Crippen LogP contribution >= 0.6 is 0 Å². The summed E-state index contributed by atoms with van der Waals surface area (Å²) in [7, 11) is 2.18. The van der Waals surface area contributed by atoms with Crippen LogP contribution in [-0.4, -0.2) is 12.8 Å². The second kappa shape index (κ2) is 3.30. The number of nitrogens with zero attached hydrogens (tertiary/aromatic N) is 1. The Balaban J connectivity index is 1.62. The maximum Gasteiger partial charge on any atom is 0.229 e. The molecule has 106 valence electrons. The Labute approximate surface area is 129 Å². The number of hydrogen-bond acceptors (Lipinski definition) is 2. The highest BCUT2D eigenvalue weighted by molar-refractivity contribution is 6.00. The summed E-state index contributed by atoms with van der Waals surface area (Å²) in [4.78, 5) is 2.35. The Morgan fingerprint density at radius 2 is 1.50 bits per heavy atom. The van der Waals surface area contributed by atoms with E-state index in [2.05, 4.69) is 60.5 Å². The number of benzene rings is 2. The number of fused-ring (bicyclic) bond motifs is 6. The predicted octanol–water partition coefficient (Wildman–Crippen LogP) is 4.24. The van der Waals surface area contributed by atoms with Crippen LogP contribution in [0.4, 0.5) is 5.69 Å². The van der Waals surface area contributed by atoms with Crippen LogP contribution in [0, 0.1) is 0 Å². The molecule has 2 heterocycles. The molecule has 0 bridgehead atoms. The number of anilines is 1. The molecular formula is C20H15NO. The molecule has 1 atom stereocenters. The number of allylic oxidation sites excluding steroid dienone is 2. The molecule has 2 aliphatic carbocycles. The highest BCUT2D eigenvalue weighted by Crippen LogP contribution is 2.66. The van der Waals surface area contributed by atoms with Crippen LogP contribution in [0.3, 0.4) is 0 Å². The average molecular weight is 285 g/mol. The molecule has 2 aromatic rings. The van der Waals surface area contributed by atoms with Gasteiger partial charge >= 0.3 is 0 Å². The van der Waals surface area contributed by atoms with Crippen molar-refractivity contribution in [1.29, 1.82) is 0 Å². The third-order valence-electron chi connectivity index (χ3n) is 5.54. The molecule has 0 saturated carbocycles.